The zero-order valence-corrected chi connectivity index (χ0v) is 17.1. The maximum atomic E-state index is 10.6. The summed E-state index contributed by atoms with van der Waals surface area (Å²) in [4.78, 5) is 12.9. The molecule has 0 aliphatic rings. The molecule has 0 radical (unpaired) electrons. The number of pyridine rings is 1. The Labute approximate surface area is 180 Å². The van der Waals surface area contributed by atoms with Crippen LogP contribution in [0.1, 0.15) is 22.5 Å². The van der Waals surface area contributed by atoms with Gasteiger partial charge in [-0.3, -0.25) is 4.98 Å². The van der Waals surface area contributed by atoms with Gasteiger partial charge in [-0.05, 0) is 49.7 Å². The number of nitriles is 1. The molecule has 0 amide bonds. The lowest BCUT2D eigenvalue weighted by Crippen LogP contribution is -2.21. The largest absolute Gasteiger partial charge is 0.490 e. The number of ether oxygens (including phenoxy) is 1. The van der Waals surface area contributed by atoms with Gasteiger partial charge in [0.25, 0.3) is 0 Å². The predicted molar refractivity (Wildman–Crippen MR) is 105 cm³/mol. The van der Waals surface area contributed by atoms with Gasteiger partial charge in [-0.1, -0.05) is 11.6 Å². The van der Waals surface area contributed by atoms with E-state index in [2.05, 4.69) is 16.2 Å². The summed E-state index contributed by atoms with van der Waals surface area (Å²) in [5.74, 6) is -2.01. The molecule has 2 heterocycles. The molecule has 2 aromatic heterocycles. The van der Waals surface area contributed by atoms with E-state index in [0.717, 1.165) is 28.4 Å². The third-order valence-electron chi connectivity index (χ3n) is 3.92. The lowest BCUT2D eigenvalue weighted by atomic mass is 10.2. The minimum absolute atomic E-state index is 0.404. The van der Waals surface area contributed by atoms with Crippen LogP contribution in [0.3, 0.4) is 0 Å². The zero-order valence-electron chi connectivity index (χ0n) is 16.3. The summed E-state index contributed by atoms with van der Waals surface area (Å²) in [6.45, 7) is 4.29. The lowest BCUT2D eigenvalue weighted by Gasteiger charge is -2.08. The Hall–Kier alpha value is -3.58. The number of carboxylic acids is 1. The van der Waals surface area contributed by atoms with Crippen molar-refractivity contribution < 1.29 is 27.8 Å². The molecule has 31 heavy (non-hydrogen) atoms. The molecule has 0 aliphatic carbocycles. The number of nitrogens with zero attached hydrogens (tertiary/aromatic N) is 4. The van der Waals surface area contributed by atoms with E-state index in [1.54, 1.807) is 29.2 Å². The first-order chi connectivity index (χ1) is 14.5. The Morgan fingerprint density at radius 2 is 1.87 bits per heavy atom. The lowest BCUT2D eigenvalue weighted by molar-refractivity contribution is -0.192. The highest BCUT2D eigenvalue weighted by molar-refractivity contribution is 6.31. The summed E-state index contributed by atoms with van der Waals surface area (Å²) in [6, 6.07) is 11.1. The fourth-order valence-electron chi connectivity index (χ4n) is 2.45. The molecule has 1 N–H and O–H groups in total. The van der Waals surface area contributed by atoms with Crippen LogP contribution < -0.4 is 4.74 Å². The van der Waals surface area contributed by atoms with Gasteiger partial charge in [-0.2, -0.15) is 23.5 Å². The molecule has 0 aliphatic heterocycles. The van der Waals surface area contributed by atoms with Crippen LogP contribution in [0.4, 0.5) is 13.2 Å². The molecular weight excluding hydrogens is 437 g/mol. The molecule has 0 bridgehead atoms. The predicted octanol–water partition coefficient (Wildman–Crippen LogP) is 4.62. The zero-order chi connectivity index (χ0) is 23.2. The van der Waals surface area contributed by atoms with Crippen LogP contribution in [0.2, 0.25) is 5.02 Å². The standard InChI is InChI=1S/C18H15ClN4O.C2HF3O2/c1-12-18(24-11-14-5-7-21-8-6-14)13(2)23(22-12)16-4-3-15(10-20)17(19)9-16;3-2(4,5)1(6)7/h3-9H,11H2,1-2H3;(H,6,7). The van der Waals surface area contributed by atoms with Crippen molar-refractivity contribution in [2.45, 2.75) is 26.6 Å². The third-order valence-corrected chi connectivity index (χ3v) is 4.23. The van der Waals surface area contributed by atoms with Crippen LogP contribution in [0.5, 0.6) is 5.75 Å². The fourth-order valence-corrected chi connectivity index (χ4v) is 2.67. The second kappa shape index (κ2) is 9.95. The quantitative estimate of drug-likeness (QED) is 0.619. The van der Waals surface area contributed by atoms with Gasteiger partial charge in [0.15, 0.2) is 5.75 Å². The van der Waals surface area contributed by atoms with Gasteiger partial charge in [-0.15, -0.1) is 0 Å². The van der Waals surface area contributed by atoms with E-state index in [-0.39, 0.29) is 0 Å². The smallest absolute Gasteiger partial charge is 0.485 e. The Kier molecular flexibility index (Phi) is 7.61. The fraction of sp³-hybridized carbons (Fsp3) is 0.200. The van der Waals surface area contributed by atoms with E-state index in [4.69, 9.17) is 31.5 Å². The number of halogens is 4. The minimum atomic E-state index is -5.08. The number of carbonyl (C=O) groups is 1. The average Bonchev–Trinajstić information content (AvgIpc) is 3.00. The number of hydrogen-bond acceptors (Lipinski definition) is 5. The number of rotatable bonds is 4. The number of aryl methyl sites for hydroxylation is 1. The first-order valence-corrected chi connectivity index (χ1v) is 9.00. The summed E-state index contributed by atoms with van der Waals surface area (Å²) >= 11 is 6.12. The highest BCUT2D eigenvalue weighted by Crippen LogP contribution is 2.28. The van der Waals surface area contributed by atoms with Crippen molar-refractivity contribution in [3.63, 3.8) is 0 Å². The van der Waals surface area contributed by atoms with E-state index < -0.39 is 12.1 Å². The molecule has 162 valence electrons. The molecule has 0 atom stereocenters. The number of aromatic nitrogens is 3. The summed E-state index contributed by atoms with van der Waals surface area (Å²) in [5, 5.41) is 21.0. The second-order valence-electron chi connectivity index (χ2n) is 6.13. The third kappa shape index (κ3) is 6.20. The van der Waals surface area contributed by atoms with E-state index >= 15 is 0 Å². The first kappa shape index (κ1) is 23.7. The van der Waals surface area contributed by atoms with E-state index in [9.17, 15) is 13.2 Å². The molecule has 0 spiro atoms. The number of benzene rings is 1. The Morgan fingerprint density at radius 1 is 1.26 bits per heavy atom. The van der Waals surface area contributed by atoms with Gasteiger partial charge < -0.3 is 9.84 Å². The van der Waals surface area contributed by atoms with Crippen molar-refractivity contribution >= 4 is 17.6 Å². The van der Waals surface area contributed by atoms with Gasteiger partial charge in [0.05, 0.1) is 22.0 Å². The number of aliphatic carboxylic acids is 1. The van der Waals surface area contributed by atoms with Crippen LogP contribution >= 0.6 is 11.6 Å². The normalized spacial score (nSPS) is 10.6. The van der Waals surface area contributed by atoms with E-state index in [1.807, 2.05) is 32.0 Å². The van der Waals surface area contributed by atoms with Crippen molar-refractivity contribution in [1.29, 1.82) is 5.26 Å². The van der Waals surface area contributed by atoms with Crippen molar-refractivity contribution in [3.8, 4) is 17.5 Å². The summed E-state index contributed by atoms with van der Waals surface area (Å²) in [6.07, 6.45) is -1.61. The molecular formula is C20H16ClF3N4O3. The monoisotopic (exact) mass is 452 g/mol. The summed E-state index contributed by atoms with van der Waals surface area (Å²) in [7, 11) is 0. The van der Waals surface area contributed by atoms with Crippen LogP contribution in [0.25, 0.3) is 5.69 Å². The van der Waals surface area contributed by atoms with Crippen molar-refractivity contribution in [1.82, 2.24) is 14.8 Å². The Bertz CT molecular complexity index is 1110. The van der Waals surface area contributed by atoms with Crippen LogP contribution in [-0.4, -0.2) is 32.0 Å². The van der Waals surface area contributed by atoms with Crippen LogP contribution in [0.15, 0.2) is 42.7 Å². The Balaban J connectivity index is 0.000000423. The van der Waals surface area contributed by atoms with Gasteiger partial charge in [0.1, 0.15) is 18.4 Å². The highest BCUT2D eigenvalue weighted by atomic mass is 35.5. The second-order valence-corrected chi connectivity index (χ2v) is 6.54. The molecule has 0 saturated heterocycles. The van der Waals surface area contributed by atoms with Crippen molar-refractivity contribution in [2.75, 3.05) is 0 Å². The average molecular weight is 453 g/mol. The maximum Gasteiger partial charge on any atom is 0.490 e. The molecule has 0 fully saturated rings. The van der Waals surface area contributed by atoms with Gasteiger partial charge in [0, 0.05) is 12.4 Å². The summed E-state index contributed by atoms with van der Waals surface area (Å²) in [5.41, 5.74) is 3.94. The number of alkyl halides is 3. The highest BCUT2D eigenvalue weighted by Gasteiger charge is 2.38. The molecule has 0 saturated carbocycles. The SMILES string of the molecule is Cc1nn(-c2ccc(C#N)c(Cl)c2)c(C)c1OCc1ccncc1.O=C(O)C(F)(F)F. The van der Waals surface area contributed by atoms with Crippen molar-refractivity contribution in [3.05, 3.63) is 70.3 Å². The van der Waals surface area contributed by atoms with Gasteiger partial charge in [0.2, 0.25) is 0 Å². The maximum absolute atomic E-state index is 10.6. The van der Waals surface area contributed by atoms with Gasteiger partial charge in [-0.25, -0.2) is 9.48 Å². The van der Waals surface area contributed by atoms with Crippen LogP contribution in [0, 0.1) is 25.2 Å². The molecule has 11 heteroatoms. The van der Waals surface area contributed by atoms with E-state index in [1.165, 1.54) is 0 Å². The molecule has 7 nitrogen and oxygen atoms in total. The topological polar surface area (TPSA) is 101 Å². The minimum Gasteiger partial charge on any atom is -0.485 e. The van der Waals surface area contributed by atoms with Crippen molar-refractivity contribution in [2.24, 2.45) is 0 Å². The van der Waals surface area contributed by atoms with Crippen LogP contribution in [-0.2, 0) is 11.4 Å². The molecule has 1 aromatic carbocycles. The molecule has 3 aromatic rings. The number of hydrogen-bond donors (Lipinski definition) is 1. The van der Waals surface area contributed by atoms with Gasteiger partial charge >= 0.3 is 12.1 Å². The van der Waals surface area contributed by atoms with E-state index in [0.29, 0.717) is 17.2 Å². The molecule has 3 rings (SSSR count). The number of carboxylic acid groups (broad SMARTS) is 1. The first-order valence-electron chi connectivity index (χ1n) is 8.62. The summed E-state index contributed by atoms with van der Waals surface area (Å²) < 4.78 is 39.4. The Morgan fingerprint density at radius 3 is 2.39 bits per heavy atom. The molecule has 0 unspecified atom stereocenters.